The van der Waals surface area contributed by atoms with Crippen LogP contribution in [0, 0.1) is 0 Å². The lowest BCUT2D eigenvalue weighted by molar-refractivity contribution is 0.0695. The number of amides is 1. The molecule has 6 nitrogen and oxygen atoms in total. The van der Waals surface area contributed by atoms with Gasteiger partial charge in [-0.1, -0.05) is 25.1 Å². The van der Waals surface area contributed by atoms with Gasteiger partial charge in [0.25, 0.3) is 5.91 Å². The normalized spacial score (nSPS) is 10.7. The van der Waals surface area contributed by atoms with Crippen LogP contribution in [0.5, 0.6) is 0 Å². The van der Waals surface area contributed by atoms with Crippen LogP contribution in [0.3, 0.4) is 0 Å². The van der Waals surface area contributed by atoms with Gasteiger partial charge in [-0.2, -0.15) is 5.10 Å². The summed E-state index contributed by atoms with van der Waals surface area (Å²) in [7, 11) is 0. The highest BCUT2D eigenvalue weighted by molar-refractivity contribution is 6.12. The van der Waals surface area contributed by atoms with Crippen molar-refractivity contribution in [3.63, 3.8) is 0 Å². The number of nitrogens with zero attached hydrogens (tertiary/aromatic N) is 1. The maximum absolute atomic E-state index is 12.6. The quantitative estimate of drug-likeness (QED) is 0.690. The second kappa shape index (κ2) is 5.92. The zero-order valence-corrected chi connectivity index (χ0v) is 12.5. The monoisotopic (exact) mass is 309 g/mol. The van der Waals surface area contributed by atoms with Crippen molar-refractivity contribution in [1.82, 2.24) is 10.2 Å². The molecule has 0 saturated carbocycles. The summed E-state index contributed by atoms with van der Waals surface area (Å²) in [4.78, 5) is 23.9. The van der Waals surface area contributed by atoms with Gasteiger partial charge in [0, 0.05) is 11.1 Å². The zero-order chi connectivity index (χ0) is 16.4. The molecule has 0 aliphatic rings. The number of carboxylic acids is 1. The molecule has 116 valence electrons. The van der Waals surface area contributed by atoms with E-state index in [1.54, 1.807) is 30.5 Å². The topological polar surface area (TPSA) is 95.1 Å². The molecule has 0 aliphatic carbocycles. The number of hydrogen-bond donors (Lipinski definition) is 3. The van der Waals surface area contributed by atoms with Crippen LogP contribution in [-0.2, 0) is 6.42 Å². The fourth-order valence-corrected chi connectivity index (χ4v) is 2.63. The third-order valence-corrected chi connectivity index (χ3v) is 3.73. The second-order valence-corrected chi connectivity index (χ2v) is 5.08. The summed E-state index contributed by atoms with van der Waals surface area (Å²) in [5, 5.41) is 19.7. The van der Waals surface area contributed by atoms with Crippen LogP contribution in [-0.4, -0.2) is 27.2 Å². The first-order valence-electron chi connectivity index (χ1n) is 7.20. The summed E-state index contributed by atoms with van der Waals surface area (Å²) >= 11 is 0. The van der Waals surface area contributed by atoms with E-state index < -0.39 is 5.97 Å². The molecular formula is C17H15N3O3. The molecule has 1 amide bonds. The summed E-state index contributed by atoms with van der Waals surface area (Å²) in [5.74, 6) is -1.31. The van der Waals surface area contributed by atoms with Crippen LogP contribution >= 0.6 is 0 Å². The highest BCUT2D eigenvalue weighted by atomic mass is 16.4. The van der Waals surface area contributed by atoms with Crippen LogP contribution in [0.15, 0.2) is 42.6 Å². The number of aromatic nitrogens is 2. The molecular weight excluding hydrogens is 294 g/mol. The third kappa shape index (κ3) is 2.66. The third-order valence-electron chi connectivity index (χ3n) is 3.73. The zero-order valence-electron chi connectivity index (χ0n) is 12.5. The minimum atomic E-state index is -1.01. The molecule has 3 rings (SSSR count). The summed E-state index contributed by atoms with van der Waals surface area (Å²) < 4.78 is 0. The number of nitrogens with one attached hydrogen (secondary N) is 2. The molecule has 0 atom stereocenters. The second-order valence-electron chi connectivity index (χ2n) is 5.08. The minimum Gasteiger partial charge on any atom is -0.478 e. The highest BCUT2D eigenvalue weighted by Crippen LogP contribution is 2.23. The minimum absolute atomic E-state index is 0.199. The molecule has 1 heterocycles. The number of aromatic carboxylic acids is 1. The number of anilines is 1. The Hall–Kier alpha value is -3.15. The lowest BCUT2D eigenvalue weighted by atomic mass is 10.0. The molecule has 0 bridgehead atoms. The first kappa shape index (κ1) is 14.8. The Morgan fingerprint density at radius 2 is 1.91 bits per heavy atom. The summed E-state index contributed by atoms with van der Waals surface area (Å²) in [5.41, 5.74) is 2.42. The van der Waals surface area contributed by atoms with Gasteiger partial charge in [-0.25, -0.2) is 4.79 Å². The van der Waals surface area contributed by atoms with E-state index in [0.29, 0.717) is 28.8 Å². The van der Waals surface area contributed by atoms with Crippen molar-refractivity contribution in [3.05, 3.63) is 59.3 Å². The number of para-hydroxylation sites is 1. The number of fused-ring (bicyclic) bond motifs is 1. The van der Waals surface area contributed by atoms with E-state index >= 15 is 0 Å². The molecule has 1 aromatic heterocycles. The summed E-state index contributed by atoms with van der Waals surface area (Å²) in [6.07, 6.45) is 2.15. The van der Waals surface area contributed by atoms with Crippen molar-refractivity contribution in [2.75, 3.05) is 5.32 Å². The number of aromatic amines is 1. The van der Waals surface area contributed by atoms with Crippen molar-refractivity contribution in [2.24, 2.45) is 0 Å². The number of carbonyl (C=O) groups excluding carboxylic acids is 1. The standard InChI is InChI=1S/C17H15N3O3/c1-2-11-12(17(22)23)6-4-8-14(11)19-16(21)13-7-3-5-10-9-18-20-15(10)13/h3-9H,2H2,1H3,(H,18,20)(H,19,21)(H,22,23). The lowest BCUT2D eigenvalue weighted by Crippen LogP contribution is -2.15. The maximum atomic E-state index is 12.6. The molecule has 3 aromatic rings. The molecule has 0 radical (unpaired) electrons. The average Bonchev–Trinajstić information content (AvgIpc) is 3.02. The number of H-pyrrole nitrogens is 1. The molecule has 2 aromatic carbocycles. The number of carboxylic acid groups (broad SMARTS) is 1. The van der Waals surface area contributed by atoms with Gasteiger partial charge in [-0.15, -0.1) is 0 Å². The molecule has 0 fully saturated rings. The highest BCUT2D eigenvalue weighted by Gasteiger charge is 2.16. The molecule has 3 N–H and O–H groups in total. The van der Waals surface area contributed by atoms with Crippen LogP contribution in [0.1, 0.15) is 33.2 Å². The molecule has 23 heavy (non-hydrogen) atoms. The predicted octanol–water partition coefficient (Wildman–Crippen LogP) is 3.08. The van der Waals surface area contributed by atoms with E-state index in [9.17, 15) is 14.7 Å². The van der Waals surface area contributed by atoms with Crippen LogP contribution < -0.4 is 5.32 Å². The average molecular weight is 309 g/mol. The largest absolute Gasteiger partial charge is 0.478 e. The van der Waals surface area contributed by atoms with Crippen LogP contribution in [0.2, 0.25) is 0 Å². The number of hydrogen-bond acceptors (Lipinski definition) is 3. The lowest BCUT2D eigenvalue weighted by Gasteiger charge is -2.12. The van der Waals surface area contributed by atoms with Gasteiger partial charge in [-0.3, -0.25) is 9.89 Å². The van der Waals surface area contributed by atoms with E-state index in [0.717, 1.165) is 5.39 Å². The Morgan fingerprint density at radius 3 is 2.65 bits per heavy atom. The van der Waals surface area contributed by atoms with E-state index in [1.807, 2.05) is 13.0 Å². The van der Waals surface area contributed by atoms with E-state index in [2.05, 4.69) is 15.5 Å². The maximum Gasteiger partial charge on any atom is 0.336 e. The molecule has 0 saturated heterocycles. The predicted molar refractivity (Wildman–Crippen MR) is 86.8 cm³/mol. The Bertz CT molecular complexity index is 899. The Balaban J connectivity index is 1.99. The Morgan fingerprint density at radius 1 is 1.17 bits per heavy atom. The fourth-order valence-electron chi connectivity index (χ4n) is 2.63. The van der Waals surface area contributed by atoms with Gasteiger partial charge in [0.2, 0.25) is 0 Å². The van der Waals surface area contributed by atoms with Crippen molar-refractivity contribution in [2.45, 2.75) is 13.3 Å². The molecule has 6 heteroatoms. The molecule has 0 unspecified atom stereocenters. The SMILES string of the molecule is CCc1c(NC(=O)c2cccc3cn[nH]c23)cccc1C(=O)O. The Labute approximate surface area is 132 Å². The van der Waals surface area contributed by atoms with Crippen molar-refractivity contribution >= 4 is 28.5 Å². The van der Waals surface area contributed by atoms with Crippen LogP contribution in [0.4, 0.5) is 5.69 Å². The van der Waals surface area contributed by atoms with Gasteiger partial charge in [0.05, 0.1) is 22.8 Å². The van der Waals surface area contributed by atoms with E-state index in [-0.39, 0.29) is 11.5 Å². The van der Waals surface area contributed by atoms with E-state index in [4.69, 9.17) is 0 Å². The smallest absolute Gasteiger partial charge is 0.336 e. The Kier molecular flexibility index (Phi) is 3.80. The van der Waals surface area contributed by atoms with Crippen molar-refractivity contribution < 1.29 is 14.7 Å². The van der Waals surface area contributed by atoms with Gasteiger partial charge in [0.1, 0.15) is 0 Å². The van der Waals surface area contributed by atoms with E-state index in [1.165, 1.54) is 6.07 Å². The first-order chi connectivity index (χ1) is 11.1. The fraction of sp³-hybridized carbons (Fsp3) is 0.118. The van der Waals surface area contributed by atoms with Crippen molar-refractivity contribution in [1.29, 1.82) is 0 Å². The van der Waals surface area contributed by atoms with Gasteiger partial charge in [0.15, 0.2) is 0 Å². The van der Waals surface area contributed by atoms with Gasteiger partial charge >= 0.3 is 5.97 Å². The molecule has 0 spiro atoms. The number of benzene rings is 2. The van der Waals surface area contributed by atoms with Gasteiger partial charge in [-0.05, 0) is 30.2 Å². The van der Waals surface area contributed by atoms with Gasteiger partial charge < -0.3 is 10.4 Å². The molecule has 0 aliphatic heterocycles. The van der Waals surface area contributed by atoms with Crippen molar-refractivity contribution in [3.8, 4) is 0 Å². The van der Waals surface area contributed by atoms with Crippen LogP contribution in [0.25, 0.3) is 10.9 Å². The number of rotatable bonds is 4. The first-order valence-corrected chi connectivity index (χ1v) is 7.20. The number of carbonyl (C=O) groups is 2. The summed E-state index contributed by atoms with van der Waals surface area (Å²) in [6.45, 7) is 1.85. The summed E-state index contributed by atoms with van der Waals surface area (Å²) in [6, 6.07) is 10.2.